The van der Waals surface area contributed by atoms with Gasteiger partial charge < -0.3 is 15.8 Å². The molecule has 1 heterocycles. The third kappa shape index (κ3) is 3.48. The molecule has 0 fully saturated rings. The van der Waals surface area contributed by atoms with Gasteiger partial charge in [0.05, 0.1) is 12.8 Å². The van der Waals surface area contributed by atoms with Gasteiger partial charge in [-0.25, -0.2) is 0 Å². The maximum atomic E-state index is 11.8. The summed E-state index contributed by atoms with van der Waals surface area (Å²) in [5, 5.41) is 6.83. The van der Waals surface area contributed by atoms with Crippen LogP contribution in [-0.2, 0) is 11.3 Å². The van der Waals surface area contributed by atoms with Gasteiger partial charge in [0.1, 0.15) is 5.75 Å². The van der Waals surface area contributed by atoms with Gasteiger partial charge in [0.25, 0.3) is 0 Å². The maximum Gasteiger partial charge on any atom is 0.226 e. The number of aryl methyl sites for hydroxylation is 1. The summed E-state index contributed by atoms with van der Waals surface area (Å²) in [6, 6.07) is 6.95. The van der Waals surface area contributed by atoms with Crippen LogP contribution in [0.4, 0.5) is 11.4 Å². The summed E-state index contributed by atoms with van der Waals surface area (Å²) >= 11 is 0. The van der Waals surface area contributed by atoms with Crippen molar-refractivity contribution in [2.75, 3.05) is 18.2 Å². The highest BCUT2D eigenvalue weighted by Crippen LogP contribution is 2.24. The lowest BCUT2D eigenvalue weighted by molar-refractivity contribution is -0.116. The molecule has 0 spiro atoms. The summed E-state index contributed by atoms with van der Waals surface area (Å²) in [7, 11) is 1.54. The summed E-state index contributed by atoms with van der Waals surface area (Å²) in [4.78, 5) is 11.8. The third-order valence-corrected chi connectivity index (χ3v) is 2.64. The molecular formula is C13H16N4O2. The zero-order valence-electron chi connectivity index (χ0n) is 10.7. The number of aromatic nitrogens is 2. The van der Waals surface area contributed by atoms with E-state index in [0.29, 0.717) is 30.1 Å². The second-order valence-electron chi connectivity index (χ2n) is 4.02. The van der Waals surface area contributed by atoms with Gasteiger partial charge in [-0.3, -0.25) is 9.48 Å². The number of amides is 1. The van der Waals surface area contributed by atoms with Crippen LogP contribution in [0.5, 0.6) is 5.75 Å². The number of rotatable bonds is 5. The molecule has 1 aromatic carbocycles. The molecule has 100 valence electrons. The lowest BCUT2D eigenvalue weighted by atomic mass is 10.2. The average Bonchev–Trinajstić information content (AvgIpc) is 2.92. The lowest BCUT2D eigenvalue weighted by Gasteiger charge is -2.09. The van der Waals surface area contributed by atoms with Crippen LogP contribution in [0.1, 0.15) is 6.42 Å². The number of anilines is 2. The number of methoxy groups -OCH3 is 1. The number of nitrogens with two attached hydrogens (primary N) is 1. The molecule has 19 heavy (non-hydrogen) atoms. The number of nitrogen functional groups attached to an aromatic ring is 1. The van der Waals surface area contributed by atoms with Crippen LogP contribution in [0.3, 0.4) is 0 Å². The first-order chi connectivity index (χ1) is 9.19. The minimum atomic E-state index is -0.0812. The van der Waals surface area contributed by atoms with Crippen molar-refractivity contribution in [3.8, 4) is 5.75 Å². The number of ether oxygens (including phenoxy) is 1. The number of carbonyl (C=O) groups excluding carboxylic acids is 1. The predicted octanol–water partition coefficient (Wildman–Crippen LogP) is 1.50. The van der Waals surface area contributed by atoms with Crippen LogP contribution >= 0.6 is 0 Å². The van der Waals surface area contributed by atoms with Gasteiger partial charge in [0.2, 0.25) is 5.91 Å². The molecule has 0 saturated carbocycles. The molecule has 0 atom stereocenters. The predicted molar refractivity (Wildman–Crippen MR) is 72.9 cm³/mol. The second-order valence-corrected chi connectivity index (χ2v) is 4.02. The van der Waals surface area contributed by atoms with E-state index in [0.717, 1.165) is 0 Å². The van der Waals surface area contributed by atoms with Crippen molar-refractivity contribution in [1.82, 2.24) is 9.78 Å². The Balaban J connectivity index is 1.91. The quantitative estimate of drug-likeness (QED) is 0.798. The fourth-order valence-corrected chi connectivity index (χ4v) is 1.66. The standard InChI is InChI=1S/C13H16N4O2/c1-19-12-9-10(3-4-11(12)14)16-13(18)5-8-17-7-2-6-15-17/h2-4,6-7,9H,5,8,14H2,1H3,(H,16,18). The van der Waals surface area contributed by atoms with Crippen LogP contribution in [0.25, 0.3) is 0 Å². The Labute approximate surface area is 111 Å². The van der Waals surface area contributed by atoms with E-state index < -0.39 is 0 Å². The summed E-state index contributed by atoms with van der Waals surface area (Å²) in [5.41, 5.74) is 6.91. The van der Waals surface area contributed by atoms with Crippen molar-refractivity contribution in [3.63, 3.8) is 0 Å². The molecule has 0 unspecified atom stereocenters. The molecule has 0 saturated heterocycles. The number of benzene rings is 1. The molecule has 6 nitrogen and oxygen atoms in total. The van der Waals surface area contributed by atoms with Crippen molar-refractivity contribution in [2.24, 2.45) is 0 Å². The number of nitrogens with one attached hydrogen (secondary N) is 1. The zero-order valence-corrected chi connectivity index (χ0v) is 10.7. The molecule has 0 aliphatic heterocycles. The highest BCUT2D eigenvalue weighted by molar-refractivity contribution is 5.91. The van der Waals surface area contributed by atoms with Crippen LogP contribution in [-0.4, -0.2) is 22.8 Å². The molecule has 0 radical (unpaired) electrons. The van der Waals surface area contributed by atoms with E-state index in [1.807, 2.05) is 12.3 Å². The normalized spacial score (nSPS) is 10.2. The highest BCUT2D eigenvalue weighted by Gasteiger charge is 2.05. The van der Waals surface area contributed by atoms with E-state index in [4.69, 9.17) is 10.5 Å². The van der Waals surface area contributed by atoms with E-state index >= 15 is 0 Å². The Hall–Kier alpha value is -2.50. The van der Waals surface area contributed by atoms with E-state index in [2.05, 4.69) is 10.4 Å². The Morgan fingerprint density at radius 3 is 3.05 bits per heavy atom. The Morgan fingerprint density at radius 2 is 2.37 bits per heavy atom. The molecule has 3 N–H and O–H groups in total. The molecule has 0 bridgehead atoms. The fourth-order valence-electron chi connectivity index (χ4n) is 1.66. The fraction of sp³-hybridized carbons (Fsp3) is 0.231. The summed E-state index contributed by atoms with van der Waals surface area (Å²) < 4.78 is 6.81. The molecule has 2 rings (SSSR count). The van der Waals surface area contributed by atoms with Gasteiger partial charge in [0.15, 0.2) is 0 Å². The van der Waals surface area contributed by atoms with Crippen LogP contribution < -0.4 is 15.8 Å². The van der Waals surface area contributed by atoms with E-state index in [-0.39, 0.29) is 5.91 Å². The SMILES string of the molecule is COc1cc(NC(=O)CCn2cccn2)ccc1N. The molecule has 0 aliphatic carbocycles. The minimum Gasteiger partial charge on any atom is -0.495 e. The molecule has 1 amide bonds. The van der Waals surface area contributed by atoms with E-state index in [9.17, 15) is 4.79 Å². The van der Waals surface area contributed by atoms with Crippen molar-refractivity contribution in [2.45, 2.75) is 13.0 Å². The molecule has 6 heteroatoms. The summed E-state index contributed by atoms with van der Waals surface area (Å²) in [6.07, 6.45) is 3.86. The second kappa shape index (κ2) is 5.90. The molecular weight excluding hydrogens is 244 g/mol. The van der Waals surface area contributed by atoms with Crippen molar-refractivity contribution in [1.29, 1.82) is 0 Å². The molecule has 1 aromatic heterocycles. The van der Waals surface area contributed by atoms with Gasteiger partial charge >= 0.3 is 0 Å². The van der Waals surface area contributed by atoms with Crippen LogP contribution in [0.2, 0.25) is 0 Å². The minimum absolute atomic E-state index is 0.0812. The first-order valence-electron chi connectivity index (χ1n) is 5.90. The first-order valence-corrected chi connectivity index (χ1v) is 5.90. The van der Waals surface area contributed by atoms with Crippen LogP contribution in [0, 0.1) is 0 Å². The van der Waals surface area contributed by atoms with E-state index in [1.54, 1.807) is 29.1 Å². The highest BCUT2D eigenvalue weighted by atomic mass is 16.5. The van der Waals surface area contributed by atoms with Gasteiger partial charge in [-0.2, -0.15) is 5.10 Å². The number of hydrogen-bond donors (Lipinski definition) is 2. The number of nitrogens with zero attached hydrogens (tertiary/aromatic N) is 2. The topological polar surface area (TPSA) is 82.2 Å². The largest absolute Gasteiger partial charge is 0.495 e. The Morgan fingerprint density at radius 1 is 1.53 bits per heavy atom. The van der Waals surface area contributed by atoms with Crippen molar-refractivity contribution in [3.05, 3.63) is 36.7 Å². The van der Waals surface area contributed by atoms with Crippen molar-refractivity contribution < 1.29 is 9.53 Å². The van der Waals surface area contributed by atoms with Crippen molar-refractivity contribution >= 4 is 17.3 Å². The first kappa shape index (κ1) is 12.9. The number of carbonyl (C=O) groups is 1. The molecule has 0 aliphatic rings. The zero-order chi connectivity index (χ0) is 13.7. The van der Waals surface area contributed by atoms with Gasteiger partial charge in [-0.15, -0.1) is 0 Å². The van der Waals surface area contributed by atoms with Gasteiger partial charge in [0, 0.05) is 37.1 Å². The monoisotopic (exact) mass is 260 g/mol. The molecule has 2 aromatic rings. The Bertz CT molecular complexity index is 552. The third-order valence-electron chi connectivity index (χ3n) is 2.64. The number of hydrogen-bond acceptors (Lipinski definition) is 4. The van der Waals surface area contributed by atoms with Crippen LogP contribution in [0.15, 0.2) is 36.7 Å². The smallest absolute Gasteiger partial charge is 0.226 e. The summed E-state index contributed by atoms with van der Waals surface area (Å²) in [5.74, 6) is 0.465. The van der Waals surface area contributed by atoms with Gasteiger partial charge in [-0.05, 0) is 18.2 Å². The van der Waals surface area contributed by atoms with E-state index in [1.165, 1.54) is 7.11 Å². The summed E-state index contributed by atoms with van der Waals surface area (Å²) in [6.45, 7) is 0.547. The Kier molecular flexibility index (Phi) is 4.02. The van der Waals surface area contributed by atoms with Gasteiger partial charge in [-0.1, -0.05) is 0 Å². The maximum absolute atomic E-state index is 11.8. The lowest BCUT2D eigenvalue weighted by Crippen LogP contribution is -2.14. The average molecular weight is 260 g/mol.